The number of nitrogens with zero attached hydrogens (tertiary/aromatic N) is 1. The highest BCUT2D eigenvalue weighted by molar-refractivity contribution is 6.17. The molecule has 1 N–H and O–H groups in total. The lowest BCUT2D eigenvalue weighted by Gasteiger charge is -2.35. The van der Waals surface area contributed by atoms with Gasteiger partial charge < -0.3 is 5.32 Å². The van der Waals surface area contributed by atoms with Crippen molar-refractivity contribution in [1.29, 1.82) is 5.26 Å². The van der Waals surface area contributed by atoms with Crippen molar-refractivity contribution in [2.75, 3.05) is 0 Å². The number of benzene rings is 1. The summed E-state index contributed by atoms with van der Waals surface area (Å²) in [5, 5.41) is 11.8. The van der Waals surface area contributed by atoms with Gasteiger partial charge in [-0.2, -0.15) is 5.26 Å². The van der Waals surface area contributed by atoms with E-state index < -0.39 is 5.54 Å². The first kappa shape index (κ1) is 11.9. The summed E-state index contributed by atoms with van der Waals surface area (Å²) in [5.74, 6) is 0.247. The summed E-state index contributed by atoms with van der Waals surface area (Å²) < 4.78 is 0. The van der Waals surface area contributed by atoms with E-state index in [1.807, 2.05) is 12.1 Å². The van der Waals surface area contributed by atoms with Crippen molar-refractivity contribution in [3.8, 4) is 6.07 Å². The van der Waals surface area contributed by atoms with Gasteiger partial charge in [-0.1, -0.05) is 12.1 Å². The highest BCUT2D eigenvalue weighted by Crippen LogP contribution is 2.31. The molecule has 1 saturated carbocycles. The molecule has 0 spiro atoms. The van der Waals surface area contributed by atoms with Gasteiger partial charge >= 0.3 is 0 Å². The van der Waals surface area contributed by atoms with E-state index in [-0.39, 0.29) is 5.91 Å². The van der Waals surface area contributed by atoms with Crippen LogP contribution in [-0.4, -0.2) is 11.4 Å². The molecule has 0 atom stereocenters. The average Bonchev–Trinajstić information content (AvgIpc) is 2.33. The highest BCUT2D eigenvalue weighted by Gasteiger charge is 2.38. The minimum Gasteiger partial charge on any atom is -0.334 e. The number of halogens is 1. The maximum absolute atomic E-state index is 11.9. The average molecular weight is 249 g/mol. The predicted octanol–water partition coefficient (Wildman–Crippen LogP) is 2.60. The maximum atomic E-state index is 11.9. The van der Waals surface area contributed by atoms with Gasteiger partial charge in [-0.15, -0.1) is 11.6 Å². The molecule has 17 heavy (non-hydrogen) atoms. The van der Waals surface area contributed by atoms with Gasteiger partial charge in [0.15, 0.2) is 0 Å². The summed E-state index contributed by atoms with van der Waals surface area (Å²) in [6.07, 6.45) is 2.49. The van der Waals surface area contributed by atoms with E-state index in [2.05, 4.69) is 11.4 Å². The molecule has 0 bridgehead atoms. The van der Waals surface area contributed by atoms with Crippen LogP contribution in [0.5, 0.6) is 0 Å². The molecule has 3 nitrogen and oxygen atoms in total. The Balaban J connectivity index is 2.07. The van der Waals surface area contributed by atoms with Crippen LogP contribution in [0.15, 0.2) is 24.3 Å². The molecule has 88 valence electrons. The fourth-order valence-electron chi connectivity index (χ4n) is 1.83. The minimum atomic E-state index is -0.637. The van der Waals surface area contributed by atoms with E-state index in [1.165, 1.54) is 0 Å². The smallest absolute Gasteiger partial charge is 0.252 e. The van der Waals surface area contributed by atoms with Gasteiger partial charge in [0.05, 0.1) is 6.07 Å². The van der Waals surface area contributed by atoms with Crippen molar-refractivity contribution in [3.63, 3.8) is 0 Å². The molecule has 1 aromatic carbocycles. The van der Waals surface area contributed by atoms with E-state index in [4.69, 9.17) is 16.9 Å². The van der Waals surface area contributed by atoms with Crippen LogP contribution in [0, 0.1) is 11.3 Å². The third-order valence-corrected chi connectivity index (χ3v) is 3.45. The maximum Gasteiger partial charge on any atom is 0.252 e. The Hall–Kier alpha value is -1.53. The highest BCUT2D eigenvalue weighted by atomic mass is 35.5. The van der Waals surface area contributed by atoms with Gasteiger partial charge in [0.2, 0.25) is 0 Å². The second kappa shape index (κ2) is 4.77. The molecule has 1 aromatic rings. The van der Waals surface area contributed by atoms with Crippen LogP contribution in [0.4, 0.5) is 0 Å². The van der Waals surface area contributed by atoms with Gasteiger partial charge in [-0.05, 0) is 37.0 Å². The number of hydrogen-bond acceptors (Lipinski definition) is 2. The molecule has 4 heteroatoms. The summed E-state index contributed by atoms with van der Waals surface area (Å²) in [5.41, 5.74) is 0.907. The Bertz CT molecular complexity index is 457. The van der Waals surface area contributed by atoms with Crippen molar-refractivity contribution < 1.29 is 4.79 Å². The lowest BCUT2D eigenvalue weighted by molar-refractivity contribution is 0.0881. The van der Waals surface area contributed by atoms with Crippen LogP contribution in [-0.2, 0) is 5.88 Å². The Morgan fingerprint density at radius 1 is 1.41 bits per heavy atom. The van der Waals surface area contributed by atoms with E-state index >= 15 is 0 Å². The van der Waals surface area contributed by atoms with Crippen molar-refractivity contribution >= 4 is 17.5 Å². The molecule has 0 saturated heterocycles. The summed E-state index contributed by atoms with van der Waals surface area (Å²) in [6, 6.07) is 9.29. The molecule has 0 aliphatic heterocycles. The molecule has 0 heterocycles. The number of carbonyl (C=O) groups excluding carboxylic acids is 1. The van der Waals surface area contributed by atoms with Gasteiger partial charge in [-0.3, -0.25) is 4.79 Å². The third kappa shape index (κ3) is 2.42. The zero-order valence-corrected chi connectivity index (χ0v) is 10.1. The van der Waals surface area contributed by atoms with Crippen LogP contribution >= 0.6 is 11.6 Å². The molecule has 1 aliphatic carbocycles. The van der Waals surface area contributed by atoms with Crippen molar-refractivity contribution in [3.05, 3.63) is 35.4 Å². The van der Waals surface area contributed by atoms with Gasteiger partial charge in [0.25, 0.3) is 5.91 Å². The number of nitriles is 1. The molecule has 2 rings (SSSR count). The lowest BCUT2D eigenvalue weighted by Crippen LogP contribution is -2.52. The Morgan fingerprint density at radius 3 is 2.47 bits per heavy atom. The monoisotopic (exact) mass is 248 g/mol. The first-order valence-corrected chi connectivity index (χ1v) is 6.11. The molecule has 0 radical (unpaired) electrons. The zero-order valence-electron chi connectivity index (χ0n) is 9.37. The minimum absolute atomic E-state index is 0.188. The van der Waals surface area contributed by atoms with Crippen molar-refractivity contribution in [1.82, 2.24) is 5.32 Å². The summed E-state index contributed by atoms with van der Waals surface area (Å²) >= 11 is 5.68. The first-order chi connectivity index (χ1) is 8.19. The Morgan fingerprint density at radius 2 is 2.06 bits per heavy atom. The molecule has 1 amide bonds. The van der Waals surface area contributed by atoms with Gasteiger partial charge in [0.1, 0.15) is 5.54 Å². The molecule has 0 unspecified atom stereocenters. The first-order valence-electron chi connectivity index (χ1n) is 5.58. The largest absolute Gasteiger partial charge is 0.334 e. The zero-order chi connectivity index (χ0) is 12.3. The van der Waals surface area contributed by atoms with E-state index in [0.29, 0.717) is 11.4 Å². The Kier molecular flexibility index (Phi) is 3.35. The van der Waals surface area contributed by atoms with E-state index in [9.17, 15) is 4.79 Å². The number of alkyl halides is 1. The SMILES string of the molecule is N#CC1(NC(=O)c2ccc(CCl)cc2)CCC1. The van der Waals surface area contributed by atoms with Crippen molar-refractivity contribution in [2.45, 2.75) is 30.7 Å². The van der Waals surface area contributed by atoms with Crippen LogP contribution in [0.25, 0.3) is 0 Å². The second-order valence-corrected chi connectivity index (χ2v) is 4.60. The standard InChI is InChI=1S/C13H13ClN2O/c14-8-10-2-4-11(5-3-10)12(17)16-13(9-15)6-1-7-13/h2-5H,1,6-8H2,(H,16,17). The van der Waals surface area contributed by atoms with Crippen LogP contribution in [0.2, 0.25) is 0 Å². The molecular formula is C13H13ClN2O. The van der Waals surface area contributed by atoms with Crippen LogP contribution in [0.1, 0.15) is 35.2 Å². The van der Waals surface area contributed by atoms with Crippen LogP contribution < -0.4 is 5.32 Å². The number of carbonyl (C=O) groups is 1. The summed E-state index contributed by atoms with van der Waals surface area (Å²) in [7, 11) is 0. The number of nitrogens with one attached hydrogen (secondary N) is 1. The van der Waals surface area contributed by atoms with E-state index in [0.717, 1.165) is 24.8 Å². The normalized spacial score (nSPS) is 16.7. The number of hydrogen-bond donors (Lipinski definition) is 1. The quantitative estimate of drug-likeness (QED) is 0.836. The predicted molar refractivity (Wildman–Crippen MR) is 65.7 cm³/mol. The molecule has 0 aromatic heterocycles. The van der Waals surface area contributed by atoms with Gasteiger partial charge in [-0.25, -0.2) is 0 Å². The number of amides is 1. The molecular weight excluding hydrogens is 236 g/mol. The van der Waals surface area contributed by atoms with Gasteiger partial charge in [0, 0.05) is 11.4 Å². The van der Waals surface area contributed by atoms with Crippen molar-refractivity contribution in [2.24, 2.45) is 0 Å². The third-order valence-electron chi connectivity index (χ3n) is 3.14. The fraction of sp³-hybridized carbons (Fsp3) is 0.385. The summed E-state index contributed by atoms with van der Waals surface area (Å²) in [4.78, 5) is 11.9. The molecule has 1 aliphatic rings. The topological polar surface area (TPSA) is 52.9 Å². The fourth-order valence-corrected chi connectivity index (χ4v) is 2.01. The second-order valence-electron chi connectivity index (χ2n) is 4.33. The Labute approximate surface area is 105 Å². The van der Waals surface area contributed by atoms with Crippen LogP contribution in [0.3, 0.4) is 0 Å². The molecule has 1 fully saturated rings. The number of rotatable bonds is 3. The summed E-state index contributed by atoms with van der Waals surface area (Å²) in [6.45, 7) is 0. The lowest BCUT2D eigenvalue weighted by atomic mass is 9.78. The van der Waals surface area contributed by atoms with E-state index in [1.54, 1.807) is 12.1 Å².